The van der Waals surface area contributed by atoms with E-state index in [-0.39, 0.29) is 18.5 Å². The van der Waals surface area contributed by atoms with Gasteiger partial charge in [-0.1, -0.05) is 251 Å². The average Bonchev–Trinajstić information content (AvgIpc) is 3.21. The van der Waals surface area contributed by atoms with Gasteiger partial charge in [0.15, 0.2) is 0 Å². The maximum Gasteiger partial charge on any atom is 0.305 e. The van der Waals surface area contributed by atoms with Crippen LogP contribution in [-0.4, -0.2) is 47.4 Å². The van der Waals surface area contributed by atoms with Gasteiger partial charge in [-0.15, -0.1) is 0 Å². The van der Waals surface area contributed by atoms with E-state index in [9.17, 15) is 19.8 Å². The molecule has 0 aromatic carbocycles. The van der Waals surface area contributed by atoms with Gasteiger partial charge in [0.1, 0.15) is 0 Å². The lowest BCUT2D eigenvalue weighted by Gasteiger charge is -2.22. The molecule has 0 spiro atoms. The molecule has 3 N–H and O–H groups in total. The summed E-state index contributed by atoms with van der Waals surface area (Å²) < 4.78 is 5.46. The fraction of sp³-hybridized carbons (Fsp3) is 0.961. The van der Waals surface area contributed by atoms with Gasteiger partial charge in [0.2, 0.25) is 5.91 Å². The van der Waals surface area contributed by atoms with Crippen molar-refractivity contribution >= 4 is 11.9 Å². The number of nitrogens with one attached hydrogen (secondary N) is 1. The summed E-state index contributed by atoms with van der Waals surface area (Å²) in [6.07, 6.45) is 52.1. The first-order chi connectivity index (χ1) is 28.0. The largest absolute Gasteiger partial charge is 0.466 e. The van der Waals surface area contributed by atoms with Gasteiger partial charge in [0, 0.05) is 12.8 Å². The topological polar surface area (TPSA) is 95.9 Å². The van der Waals surface area contributed by atoms with Crippen molar-refractivity contribution in [2.45, 2.75) is 302 Å². The van der Waals surface area contributed by atoms with Crippen molar-refractivity contribution < 1.29 is 24.5 Å². The number of amides is 1. The number of hydrogen-bond acceptors (Lipinski definition) is 5. The highest BCUT2D eigenvalue weighted by atomic mass is 16.5. The predicted molar refractivity (Wildman–Crippen MR) is 246 cm³/mol. The lowest BCUT2D eigenvalue weighted by molar-refractivity contribution is -0.143. The molecule has 0 aromatic heterocycles. The quantitative estimate of drug-likeness (QED) is 0.0420. The SMILES string of the molecule is CCCCCCCCCCCCCCCCCC(O)C(CO)NC(=O)CCCCCCCCCCCCCCOC(=O)CCCCCCCCCCCCCCC. The van der Waals surface area contributed by atoms with Crippen molar-refractivity contribution in [3.05, 3.63) is 0 Å². The van der Waals surface area contributed by atoms with Crippen molar-refractivity contribution in [1.29, 1.82) is 0 Å². The van der Waals surface area contributed by atoms with Crippen LogP contribution in [0.5, 0.6) is 0 Å². The van der Waals surface area contributed by atoms with E-state index in [4.69, 9.17) is 4.74 Å². The van der Waals surface area contributed by atoms with Crippen LogP contribution in [-0.2, 0) is 14.3 Å². The van der Waals surface area contributed by atoms with E-state index in [2.05, 4.69) is 19.2 Å². The Morgan fingerprint density at radius 2 is 0.719 bits per heavy atom. The Hall–Kier alpha value is -1.14. The van der Waals surface area contributed by atoms with Crippen LogP contribution in [0.15, 0.2) is 0 Å². The fourth-order valence-corrected chi connectivity index (χ4v) is 8.17. The fourth-order valence-electron chi connectivity index (χ4n) is 8.17. The van der Waals surface area contributed by atoms with E-state index in [0.29, 0.717) is 25.9 Å². The Kier molecular flexibility index (Phi) is 46.6. The maximum absolute atomic E-state index is 12.4. The van der Waals surface area contributed by atoms with Crippen molar-refractivity contribution in [2.24, 2.45) is 0 Å². The first kappa shape index (κ1) is 55.9. The van der Waals surface area contributed by atoms with Gasteiger partial charge < -0.3 is 20.3 Å². The van der Waals surface area contributed by atoms with Crippen LogP contribution in [0.4, 0.5) is 0 Å². The van der Waals surface area contributed by atoms with Crippen LogP contribution in [0.25, 0.3) is 0 Å². The van der Waals surface area contributed by atoms with Crippen LogP contribution in [0.1, 0.15) is 290 Å². The number of unbranched alkanes of at least 4 members (excludes halogenated alkanes) is 37. The zero-order valence-electron chi connectivity index (χ0n) is 38.6. The molecule has 0 saturated carbocycles. The normalized spacial score (nSPS) is 12.6. The molecule has 0 bridgehead atoms. The minimum atomic E-state index is -0.672. The molecule has 6 heteroatoms. The number of esters is 1. The molecular formula is C51H101NO5. The minimum absolute atomic E-state index is 0.00703. The average molecular weight is 808 g/mol. The second kappa shape index (κ2) is 47.5. The first-order valence-electron chi connectivity index (χ1n) is 25.8. The molecule has 2 atom stereocenters. The van der Waals surface area contributed by atoms with Crippen molar-refractivity contribution in [3.8, 4) is 0 Å². The van der Waals surface area contributed by atoms with E-state index >= 15 is 0 Å². The number of rotatable bonds is 48. The van der Waals surface area contributed by atoms with Crippen LogP contribution in [0.3, 0.4) is 0 Å². The lowest BCUT2D eigenvalue weighted by atomic mass is 10.0. The second-order valence-corrected chi connectivity index (χ2v) is 17.9. The molecule has 0 aliphatic carbocycles. The summed E-state index contributed by atoms with van der Waals surface area (Å²) in [5, 5.41) is 23.2. The van der Waals surface area contributed by atoms with Gasteiger partial charge in [-0.25, -0.2) is 0 Å². The molecule has 6 nitrogen and oxygen atoms in total. The summed E-state index contributed by atoms with van der Waals surface area (Å²) in [5.74, 6) is -0.0554. The third-order valence-electron chi connectivity index (χ3n) is 12.2. The molecular weight excluding hydrogens is 707 g/mol. The van der Waals surface area contributed by atoms with E-state index < -0.39 is 12.1 Å². The van der Waals surface area contributed by atoms with E-state index in [1.807, 2.05) is 0 Å². The van der Waals surface area contributed by atoms with Crippen LogP contribution >= 0.6 is 0 Å². The Labute approximate surface area is 356 Å². The van der Waals surface area contributed by atoms with Gasteiger partial charge in [-0.05, 0) is 25.7 Å². The Morgan fingerprint density at radius 1 is 0.421 bits per heavy atom. The highest BCUT2D eigenvalue weighted by molar-refractivity contribution is 5.76. The van der Waals surface area contributed by atoms with Crippen LogP contribution < -0.4 is 5.32 Å². The van der Waals surface area contributed by atoms with Crippen molar-refractivity contribution in [3.63, 3.8) is 0 Å². The molecule has 0 heterocycles. The summed E-state index contributed by atoms with van der Waals surface area (Å²) in [7, 11) is 0. The molecule has 0 saturated heterocycles. The van der Waals surface area contributed by atoms with Gasteiger partial charge in [0.05, 0.1) is 25.4 Å². The molecule has 0 radical (unpaired) electrons. The van der Waals surface area contributed by atoms with E-state index in [0.717, 1.165) is 57.8 Å². The third-order valence-corrected chi connectivity index (χ3v) is 12.2. The van der Waals surface area contributed by atoms with Gasteiger partial charge >= 0.3 is 5.97 Å². The molecule has 57 heavy (non-hydrogen) atoms. The summed E-state index contributed by atoms with van der Waals surface area (Å²) >= 11 is 0. The Morgan fingerprint density at radius 3 is 1.07 bits per heavy atom. The number of hydrogen-bond donors (Lipinski definition) is 3. The third kappa shape index (κ3) is 44.2. The molecule has 2 unspecified atom stereocenters. The van der Waals surface area contributed by atoms with Crippen molar-refractivity contribution in [2.75, 3.05) is 13.2 Å². The van der Waals surface area contributed by atoms with Gasteiger partial charge in [0.25, 0.3) is 0 Å². The number of carbonyl (C=O) groups is 2. The molecule has 340 valence electrons. The number of aliphatic hydroxyl groups is 2. The zero-order valence-corrected chi connectivity index (χ0v) is 38.6. The monoisotopic (exact) mass is 808 g/mol. The van der Waals surface area contributed by atoms with Gasteiger partial charge in [-0.3, -0.25) is 9.59 Å². The summed E-state index contributed by atoms with van der Waals surface area (Å²) in [6.45, 7) is 4.93. The molecule has 0 aliphatic rings. The standard InChI is InChI=1S/C51H101NO5/c1-3-5-7-9-11-13-15-17-18-20-23-27-31-35-39-43-49(54)48(47-53)52-50(55)44-40-36-32-28-24-21-22-26-30-34-38-42-46-57-51(56)45-41-37-33-29-25-19-16-14-12-10-8-6-4-2/h48-49,53-54H,3-47H2,1-2H3,(H,52,55). The smallest absolute Gasteiger partial charge is 0.305 e. The van der Waals surface area contributed by atoms with E-state index in [1.165, 1.54) is 199 Å². The summed E-state index contributed by atoms with van der Waals surface area (Å²) in [6, 6.07) is -0.551. The number of carbonyl (C=O) groups excluding carboxylic acids is 2. The highest BCUT2D eigenvalue weighted by Gasteiger charge is 2.20. The molecule has 0 rings (SSSR count). The Bertz CT molecular complexity index is 806. The predicted octanol–water partition coefficient (Wildman–Crippen LogP) is 15.2. The maximum atomic E-state index is 12.4. The second-order valence-electron chi connectivity index (χ2n) is 17.9. The highest BCUT2D eigenvalue weighted by Crippen LogP contribution is 2.17. The number of ether oxygens (including phenoxy) is 1. The lowest BCUT2D eigenvalue weighted by Crippen LogP contribution is -2.45. The molecule has 0 aliphatic heterocycles. The summed E-state index contributed by atoms with van der Waals surface area (Å²) in [5.41, 5.74) is 0. The zero-order chi connectivity index (χ0) is 41.5. The number of aliphatic hydroxyl groups excluding tert-OH is 2. The summed E-state index contributed by atoms with van der Waals surface area (Å²) in [4.78, 5) is 24.5. The van der Waals surface area contributed by atoms with Crippen LogP contribution in [0, 0.1) is 0 Å². The van der Waals surface area contributed by atoms with E-state index in [1.54, 1.807) is 0 Å². The van der Waals surface area contributed by atoms with Crippen LogP contribution in [0.2, 0.25) is 0 Å². The molecule has 1 amide bonds. The minimum Gasteiger partial charge on any atom is -0.466 e. The first-order valence-corrected chi connectivity index (χ1v) is 25.8. The van der Waals surface area contributed by atoms with Gasteiger partial charge in [-0.2, -0.15) is 0 Å². The molecule has 0 fully saturated rings. The van der Waals surface area contributed by atoms with Crippen molar-refractivity contribution in [1.82, 2.24) is 5.32 Å². The molecule has 0 aromatic rings. The Balaban J connectivity index is 3.45.